The first-order valence-electron chi connectivity index (χ1n) is 10.3. The Hall–Kier alpha value is -3.52. The van der Waals surface area contributed by atoms with Crippen LogP contribution >= 0.6 is 11.3 Å². The van der Waals surface area contributed by atoms with Crippen molar-refractivity contribution in [3.05, 3.63) is 70.4 Å². The number of nitrogens with zero attached hydrogens (tertiary/aromatic N) is 1. The van der Waals surface area contributed by atoms with Crippen LogP contribution in [-0.4, -0.2) is 38.3 Å². The maximum absolute atomic E-state index is 13.1. The molecule has 4 rings (SSSR count). The third-order valence-corrected chi connectivity index (χ3v) is 5.63. The van der Waals surface area contributed by atoms with E-state index in [1.165, 1.54) is 0 Å². The van der Waals surface area contributed by atoms with Gasteiger partial charge in [0.25, 0.3) is 5.91 Å². The average molecular weight is 454 g/mol. The Bertz CT molecular complexity index is 1080. The van der Waals surface area contributed by atoms with E-state index in [-0.39, 0.29) is 11.5 Å². The fraction of sp³-hybridized carbons (Fsp3) is 0.250. The van der Waals surface area contributed by atoms with Gasteiger partial charge in [-0.3, -0.25) is 4.79 Å². The molecule has 0 unspecified atom stereocenters. The Labute approximate surface area is 190 Å². The monoisotopic (exact) mass is 453 g/mol. The molecule has 1 aliphatic rings. The number of amides is 1. The smallest absolute Gasteiger partial charge is 0.342 e. The van der Waals surface area contributed by atoms with Gasteiger partial charge in [0, 0.05) is 16.6 Å². The number of ether oxygens (including phenoxy) is 4. The molecule has 2 aromatic carbocycles. The Balaban J connectivity index is 1.51. The predicted octanol–water partition coefficient (Wildman–Crippen LogP) is 4.31. The van der Waals surface area contributed by atoms with Crippen molar-refractivity contribution >= 4 is 28.9 Å². The molecule has 0 saturated heterocycles. The van der Waals surface area contributed by atoms with Crippen molar-refractivity contribution in [3.63, 3.8) is 0 Å². The molecule has 2 heterocycles. The van der Waals surface area contributed by atoms with Gasteiger partial charge in [-0.1, -0.05) is 18.2 Å². The summed E-state index contributed by atoms with van der Waals surface area (Å²) in [7, 11) is 0. The van der Waals surface area contributed by atoms with E-state index in [0.717, 1.165) is 4.88 Å². The highest BCUT2D eigenvalue weighted by molar-refractivity contribution is 7.09. The molecular formula is C24H23NO6S. The van der Waals surface area contributed by atoms with E-state index in [4.69, 9.17) is 18.9 Å². The van der Waals surface area contributed by atoms with Crippen LogP contribution < -0.4 is 19.1 Å². The molecule has 1 amide bonds. The zero-order valence-electron chi connectivity index (χ0n) is 17.6. The van der Waals surface area contributed by atoms with Crippen molar-refractivity contribution in [1.29, 1.82) is 0 Å². The molecule has 0 spiro atoms. The van der Waals surface area contributed by atoms with Gasteiger partial charge >= 0.3 is 5.97 Å². The van der Waals surface area contributed by atoms with Crippen LogP contribution in [0.5, 0.6) is 17.2 Å². The van der Waals surface area contributed by atoms with E-state index in [1.54, 1.807) is 58.7 Å². The molecule has 0 N–H and O–H groups in total. The molecular weight excluding hydrogens is 430 g/mol. The number of rotatable bonds is 8. The highest BCUT2D eigenvalue weighted by Gasteiger charge is 2.22. The predicted molar refractivity (Wildman–Crippen MR) is 121 cm³/mol. The Morgan fingerprint density at radius 1 is 1.03 bits per heavy atom. The molecule has 1 aromatic heterocycles. The topological polar surface area (TPSA) is 74.3 Å². The van der Waals surface area contributed by atoms with Crippen LogP contribution in [0.25, 0.3) is 0 Å². The van der Waals surface area contributed by atoms with Gasteiger partial charge in [-0.25, -0.2) is 4.79 Å². The molecule has 3 aromatic rings. The quantitative estimate of drug-likeness (QED) is 0.473. The van der Waals surface area contributed by atoms with Crippen molar-refractivity contribution in [1.82, 2.24) is 0 Å². The minimum absolute atomic E-state index is 0.284. The molecule has 0 radical (unpaired) electrons. The van der Waals surface area contributed by atoms with Gasteiger partial charge in [-0.15, -0.1) is 11.3 Å². The van der Waals surface area contributed by atoms with E-state index >= 15 is 0 Å². The Morgan fingerprint density at radius 2 is 1.84 bits per heavy atom. The van der Waals surface area contributed by atoms with Gasteiger partial charge in [0.2, 0.25) is 0 Å². The maximum atomic E-state index is 13.1. The molecule has 8 heteroatoms. The van der Waals surface area contributed by atoms with Gasteiger partial charge in [0.15, 0.2) is 18.1 Å². The minimum atomic E-state index is -0.611. The molecule has 0 saturated carbocycles. The fourth-order valence-corrected chi connectivity index (χ4v) is 3.97. The second-order valence-electron chi connectivity index (χ2n) is 6.89. The summed E-state index contributed by atoms with van der Waals surface area (Å²) in [6, 6.07) is 16.0. The number of para-hydroxylation sites is 1. The lowest BCUT2D eigenvalue weighted by atomic mass is 10.2. The first-order valence-corrected chi connectivity index (χ1v) is 11.1. The fourth-order valence-electron chi connectivity index (χ4n) is 3.28. The molecule has 0 atom stereocenters. The average Bonchev–Trinajstić information content (AvgIpc) is 3.34. The van der Waals surface area contributed by atoms with Crippen LogP contribution in [0.3, 0.4) is 0 Å². The third-order valence-electron chi connectivity index (χ3n) is 4.77. The molecule has 166 valence electrons. The van der Waals surface area contributed by atoms with E-state index in [9.17, 15) is 9.59 Å². The number of benzene rings is 2. The standard InChI is InChI=1S/C24H23NO6S/c1-2-28-20-8-4-3-7-19(20)24(27)31-16-23(26)25(15-18-6-5-13-32-18)17-9-10-21-22(14-17)30-12-11-29-21/h3-10,13-14H,2,11-12,15-16H2,1H3. The normalized spacial score (nSPS) is 12.2. The number of thiophene rings is 1. The first-order chi connectivity index (χ1) is 15.7. The SMILES string of the molecule is CCOc1ccccc1C(=O)OCC(=O)N(Cc1cccs1)c1ccc2c(c1)OCCO2. The van der Waals surface area contributed by atoms with Gasteiger partial charge < -0.3 is 23.8 Å². The minimum Gasteiger partial charge on any atom is -0.493 e. The molecule has 32 heavy (non-hydrogen) atoms. The van der Waals surface area contributed by atoms with E-state index in [1.807, 2.05) is 24.4 Å². The second-order valence-corrected chi connectivity index (χ2v) is 7.92. The van der Waals surface area contributed by atoms with E-state index in [2.05, 4.69) is 0 Å². The lowest BCUT2D eigenvalue weighted by molar-refractivity contribution is -0.121. The lowest BCUT2D eigenvalue weighted by Crippen LogP contribution is -2.34. The van der Waals surface area contributed by atoms with Gasteiger partial charge in [-0.05, 0) is 42.6 Å². The van der Waals surface area contributed by atoms with Crippen LogP contribution in [0.15, 0.2) is 60.0 Å². The second kappa shape index (κ2) is 10.2. The van der Waals surface area contributed by atoms with Crippen LogP contribution in [0.2, 0.25) is 0 Å². The number of carbonyl (C=O) groups is 2. The summed E-state index contributed by atoms with van der Waals surface area (Å²) >= 11 is 1.55. The highest BCUT2D eigenvalue weighted by atomic mass is 32.1. The molecule has 0 bridgehead atoms. The maximum Gasteiger partial charge on any atom is 0.342 e. The van der Waals surface area contributed by atoms with Crippen molar-refractivity contribution < 1.29 is 28.5 Å². The summed E-state index contributed by atoms with van der Waals surface area (Å²) in [6.07, 6.45) is 0. The number of fused-ring (bicyclic) bond motifs is 1. The van der Waals surface area contributed by atoms with Crippen LogP contribution in [0.4, 0.5) is 5.69 Å². The summed E-state index contributed by atoms with van der Waals surface area (Å²) < 4.78 is 22.1. The number of hydrogen-bond acceptors (Lipinski definition) is 7. The summed E-state index contributed by atoms with van der Waals surface area (Å²) in [5.74, 6) is 0.690. The third kappa shape index (κ3) is 5.03. The van der Waals surface area contributed by atoms with Gasteiger partial charge in [-0.2, -0.15) is 0 Å². The zero-order chi connectivity index (χ0) is 22.3. The van der Waals surface area contributed by atoms with Crippen LogP contribution in [-0.2, 0) is 16.1 Å². The molecule has 7 nitrogen and oxygen atoms in total. The Kier molecular flexibility index (Phi) is 6.91. The number of hydrogen-bond donors (Lipinski definition) is 0. The van der Waals surface area contributed by atoms with Crippen molar-refractivity contribution in [2.24, 2.45) is 0 Å². The summed E-state index contributed by atoms with van der Waals surface area (Å²) in [6.45, 7) is 3.14. The van der Waals surface area contributed by atoms with Crippen LogP contribution in [0.1, 0.15) is 22.2 Å². The van der Waals surface area contributed by atoms with Crippen molar-refractivity contribution in [2.45, 2.75) is 13.5 Å². The summed E-state index contributed by atoms with van der Waals surface area (Å²) in [5, 5.41) is 1.95. The molecule has 1 aliphatic heterocycles. The largest absolute Gasteiger partial charge is 0.493 e. The Morgan fingerprint density at radius 3 is 2.62 bits per heavy atom. The molecule has 0 aliphatic carbocycles. The highest BCUT2D eigenvalue weighted by Crippen LogP contribution is 2.34. The summed E-state index contributed by atoms with van der Waals surface area (Å²) in [4.78, 5) is 28.3. The summed E-state index contributed by atoms with van der Waals surface area (Å²) in [5.41, 5.74) is 0.921. The van der Waals surface area contributed by atoms with Crippen molar-refractivity contribution in [3.8, 4) is 17.2 Å². The number of carbonyl (C=O) groups excluding carboxylic acids is 2. The number of anilines is 1. The van der Waals surface area contributed by atoms with Crippen molar-refractivity contribution in [2.75, 3.05) is 31.3 Å². The van der Waals surface area contributed by atoms with Gasteiger partial charge in [0.1, 0.15) is 24.5 Å². The van der Waals surface area contributed by atoms with Gasteiger partial charge in [0.05, 0.1) is 13.2 Å². The van der Waals surface area contributed by atoms with Crippen LogP contribution in [0, 0.1) is 0 Å². The zero-order valence-corrected chi connectivity index (χ0v) is 18.4. The lowest BCUT2D eigenvalue weighted by Gasteiger charge is -2.25. The molecule has 0 fully saturated rings. The number of esters is 1. The van der Waals surface area contributed by atoms with E-state index < -0.39 is 12.6 Å². The van der Waals surface area contributed by atoms with E-state index in [0.29, 0.717) is 49.3 Å². The first kappa shape index (κ1) is 21.7.